The molecule has 0 aliphatic carbocycles. The van der Waals surface area contributed by atoms with E-state index in [0.717, 1.165) is 12.1 Å². The lowest BCUT2D eigenvalue weighted by molar-refractivity contribution is -0.142. The molecular weight excluding hydrogens is 394 g/mol. The van der Waals surface area contributed by atoms with E-state index in [9.17, 15) is 22.0 Å². The summed E-state index contributed by atoms with van der Waals surface area (Å²) in [4.78, 5) is 14.1. The molecular formula is C18H24F2N2O5S. The summed E-state index contributed by atoms with van der Waals surface area (Å²) in [7, 11) is -2.54. The van der Waals surface area contributed by atoms with Gasteiger partial charge in [0.25, 0.3) is 0 Å². The van der Waals surface area contributed by atoms with Crippen molar-refractivity contribution in [3.8, 4) is 0 Å². The summed E-state index contributed by atoms with van der Waals surface area (Å²) >= 11 is 0. The lowest BCUT2D eigenvalue weighted by atomic mass is 10.0. The molecule has 0 N–H and O–H groups in total. The van der Waals surface area contributed by atoms with E-state index in [0.29, 0.717) is 38.5 Å². The van der Waals surface area contributed by atoms with E-state index in [2.05, 4.69) is 0 Å². The summed E-state index contributed by atoms with van der Waals surface area (Å²) in [5, 5.41) is 0. The van der Waals surface area contributed by atoms with Gasteiger partial charge < -0.3 is 14.4 Å². The van der Waals surface area contributed by atoms with Crippen LogP contribution in [0.15, 0.2) is 23.1 Å². The molecule has 2 fully saturated rings. The van der Waals surface area contributed by atoms with Gasteiger partial charge in [-0.05, 0) is 37.5 Å². The molecule has 2 aliphatic rings. The third-order valence-electron chi connectivity index (χ3n) is 5.19. The largest absolute Gasteiger partial charge is 0.381 e. The summed E-state index contributed by atoms with van der Waals surface area (Å²) in [5.41, 5.74) is 0. The number of carbonyl (C=O) groups is 1. The van der Waals surface area contributed by atoms with Crippen LogP contribution in [0.1, 0.15) is 19.3 Å². The van der Waals surface area contributed by atoms with Crippen molar-refractivity contribution in [2.75, 3.05) is 40.0 Å². The van der Waals surface area contributed by atoms with Gasteiger partial charge in [-0.15, -0.1) is 0 Å². The van der Waals surface area contributed by atoms with Crippen LogP contribution in [-0.2, 0) is 24.3 Å². The van der Waals surface area contributed by atoms with Gasteiger partial charge in [0.1, 0.15) is 6.61 Å². The van der Waals surface area contributed by atoms with Gasteiger partial charge in [-0.25, -0.2) is 17.2 Å². The standard InChI is InChI=1S/C18H24F2N2O5S/c1-26-12-18(23)22(13-5-8-27-9-6-13)14-4-7-21(11-14)28(24,25)15-2-3-16(19)17(20)10-15/h2-3,10,13-14H,4-9,11-12H2,1H3. The van der Waals surface area contributed by atoms with Gasteiger partial charge in [-0.3, -0.25) is 4.79 Å². The minimum atomic E-state index is -3.98. The molecule has 1 aromatic carbocycles. The topological polar surface area (TPSA) is 76.2 Å². The number of sulfonamides is 1. The smallest absolute Gasteiger partial charge is 0.249 e. The summed E-state index contributed by atoms with van der Waals surface area (Å²) in [6.45, 7) is 1.32. The van der Waals surface area contributed by atoms with Gasteiger partial charge in [-0.2, -0.15) is 4.31 Å². The number of rotatable bonds is 6. The Bertz CT molecular complexity index is 814. The zero-order valence-corrected chi connectivity index (χ0v) is 16.5. The van der Waals surface area contributed by atoms with Gasteiger partial charge in [0.2, 0.25) is 15.9 Å². The highest BCUT2D eigenvalue weighted by molar-refractivity contribution is 7.89. The molecule has 0 bridgehead atoms. The summed E-state index contributed by atoms with van der Waals surface area (Å²) < 4.78 is 63.9. The Morgan fingerprint density at radius 2 is 1.93 bits per heavy atom. The number of benzene rings is 1. The summed E-state index contributed by atoms with van der Waals surface area (Å²) in [6.07, 6.45) is 1.83. The van der Waals surface area contributed by atoms with E-state index < -0.39 is 21.7 Å². The van der Waals surface area contributed by atoms with Crippen molar-refractivity contribution in [2.24, 2.45) is 0 Å². The van der Waals surface area contributed by atoms with Crippen molar-refractivity contribution in [1.82, 2.24) is 9.21 Å². The Morgan fingerprint density at radius 1 is 1.21 bits per heavy atom. The molecule has 7 nitrogen and oxygen atoms in total. The number of hydrogen-bond donors (Lipinski definition) is 0. The summed E-state index contributed by atoms with van der Waals surface area (Å²) in [6, 6.07) is 2.20. The number of carbonyl (C=O) groups excluding carboxylic acids is 1. The van der Waals surface area contributed by atoms with Crippen molar-refractivity contribution in [1.29, 1.82) is 0 Å². The molecule has 0 aromatic heterocycles. The molecule has 1 atom stereocenters. The fourth-order valence-electron chi connectivity index (χ4n) is 3.81. The normalized spacial score (nSPS) is 21.8. The molecule has 28 heavy (non-hydrogen) atoms. The molecule has 0 radical (unpaired) electrons. The van der Waals surface area contributed by atoms with Gasteiger partial charge in [0.05, 0.1) is 4.90 Å². The highest BCUT2D eigenvalue weighted by atomic mass is 32.2. The second-order valence-electron chi connectivity index (χ2n) is 6.96. The highest BCUT2D eigenvalue weighted by Gasteiger charge is 2.40. The van der Waals surface area contributed by atoms with Crippen LogP contribution in [0.3, 0.4) is 0 Å². The van der Waals surface area contributed by atoms with Crippen LogP contribution in [0.25, 0.3) is 0 Å². The van der Waals surface area contributed by atoms with Gasteiger partial charge in [0, 0.05) is 45.5 Å². The maximum atomic E-state index is 13.5. The molecule has 0 saturated carbocycles. The van der Waals surface area contributed by atoms with Crippen molar-refractivity contribution >= 4 is 15.9 Å². The predicted molar refractivity (Wildman–Crippen MR) is 96.1 cm³/mol. The fraction of sp³-hybridized carbons (Fsp3) is 0.611. The molecule has 2 saturated heterocycles. The molecule has 2 heterocycles. The second-order valence-corrected chi connectivity index (χ2v) is 8.90. The Hall–Kier alpha value is -1.62. The van der Waals surface area contributed by atoms with Crippen LogP contribution in [0.2, 0.25) is 0 Å². The lowest BCUT2D eigenvalue weighted by Gasteiger charge is -2.38. The average molecular weight is 418 g/mol. The third kappa shape index (κ3) is 4.35. The van der Waals surface area contributed by atoms with Crippen molar-refractivity contribution in [2.45, 2.75) is 36.2 Å². The highest BCUT2D eigenvalue weighted by Crippen LogP contribution is 2.28. The Morgan fingerprint density at radius 3 is 2.57 bits per heavy atom. The number of methoxy groups -OCH3 is 1. The van der Waals surface area contributed by atoms with Gasteiger partial charge in [-0.1, -0.05) is 0 Å². The number of nitrogens with zero attached hydrogens (tertiary/aromatic N) is 2. The Balaban J connectivity index is 1.79. The number of halogens is 2. The van der Waals surface area contributed by atoms with Crippen molar-refractivity contribution in [3.63, 3.8) is 0 Å². The number of hydrogen-bond acceptors (Lipinski definition) is 5. The van der Waals surface area contributed by atoms with E-state index in [-0.39, 0.29) is 42.6 Å². The van der Waals surface area contributed by atoms with E-state index in [1.807, 2.05) is 0 Å². The molecule has 156 valence electrons. The van der Waals surface area contributed by atoms with E-state index in [4.69, 9.17) is 9.47 Å². The maximum absolute atomic E-state index is 13.5. The number of ether oxygens (including phenoxy) is 2. The lowest BCUT2D eigenvalue weighted by Crippen LogP contribution is -2.51. The quantitative estimate of drug-likeness (QED) is 0.698. The predicted octanol–water partition coefficient (Wildman–Crippen LogP) is 1.38. The first-order valence-electron chi connectivity index (χ1n) is 9.17. The van der Waals surface area contributed by atoms with Crippen LogP contribution in [0.4, 0.5) is 8.78 Å². The molecule has 1 aromatic rings. The minimum Gasteiger partial charge on any atom is -0.381 e. The van der Waals surface area contributed by atoms with Gasteiger partial charge >= 0.3 is 0 Å². The molecule has 0 spiro atoms. The Kier molecular flexibility index (Phi) is 6.64. The molecule has 1 amide bonds. The molecule has 3 rings (SSSR count). The number of amides is 1. The first-order valence-corrected chi connectivity index (χ1v) is 10.6. The monoisotopic (exact) mass is 418 g/mol. The van der Waals surface area contributed by atoms with Crippen LogP contribution in [0.5, 0.6) is 0 Å². The summed E-state index contributed by atoms with van der Waals surface area (Å²) in [5.74, 6) is -2.50. The van der Waals surface area contributed by atoms with Crippen LogP contribution in [0, 0.1) is 11.6 Å². The third-order valence-corrected chi connectivity index (χ3v) is 7.05. The SMILES string of the molecule is COCC(=O)N(C1CCOCC1)C1CCN(S(=O)(=O)c2ccc(F)c(F)c2)C1. The Labute approximate surface area is 163 Å². The van der Waals surface area contributed by atoms with E-state index in [1.165, 1.54) is 11.4 Å². The minimum absolute atomic E-state index is 0.0349. The zero-order chi connectivity index (χ0) is 20.3. The molecule has 2 aliphatic heterocycles. The van der Waals surface area contributed by atoms with Crippen LogP contribution < -0.4 is 0 Å². The molecule has 1 unspecified atom stereocenters. The van der Waals surface area contributed by atoms with Gasteiger partial charge in [0.15, 0.2) is 11.6 Å². The van der Waals surface area contributed by atoms with Crippen molar-refractivity contribution < 1.29 is 31.5 Å². The van der Waals surface area contributed by atoms with Crippen LogP contribution >= 0.6 is 0 Å². The first kappa shape index (κ1) is 21.1. The second kappa shape index (κ2) is 8.81. The van der Waals surface area contributed by atoms with E-state index in [1.54, 1.807) is 4.90 Å². The average Bonchev–Trinajstić information content (AvgIpc) is 3.15. The fourth-order valence-corrected chi connectivity index (χ4v) is 5.31. The van der Waals surface area contributed by atoms with E-state index >= 15 is 0 Å². The zero-order valence-electron chi connectivity index (χ0n) is 15.6. The first-order chi connectivity index (χ1) is 13.3. The van der Waals surface area contributed by atoms with Crippen LogP contribution in [-0.4, -0.2) is 75.6 Å². The maximum Gasteiger partial charge on any atom is 0.249 e. The molecule has 10 heteroatoms. The van der Waals surface area contributed by atoms with Crippen molar-refractivity contribution in [3.05, 3.63) is 29.8 Å².